The minimum Gasteiger partial charge on any atom is -0.379 e. The van der Waals surface area contributed by atoms with Gasteiger partial charge >= 0.3 is 0 Å². The van der Waals surface area contributed by atoms with Crippen molar-refractivity contribution in [3.05, 3.63) is 182 Å². The van der Waals surface area contributed by atoms with Gasteiger partial charge in [0.25, 0.3) is 45.9 Å². The van der Waals surface area contributed by atoms with Gasteiger partial charge in [0.05, 0.1) is 88.9 Å². The van der Waals surface area contributed by atoms with Crippen molar-refractivity contribution in [2.75, 3.05) is 131 Å². The van der Waals surface area contributed by atoms with E-state index in [1.165, 1.54) is 29.3 Å². The summed E-state index contributed by atoms with van der Waals surface area (Å²) in [7, 11) is 9.00. The summed E-state index contributed by atoms with van der Waals surface area (Å²) in [6.07, 6.45) is 24.8. The Morgan fingerprint density at radius 1 is 0.385 bits per heavy atom. The highest BCUT2D eigenvalue weighted by Gasteiger charge is 2.40. The summed E-state index contributed by atoms with van der Waals surface area (Å²) < 4.78 is 42.6. The second-order valence-electron chi connectivity index (χ2n) is 33.2. The van der Waals surface area contributed by atoms with E-state index in [-0.39, 0.29) is 99.1 Å². The molecule has 0 bridgehead atoms. The fraction of sp³-hybridized carbons (Fsp3) is 0.435. The molecule has 20 rings (SSSR count). The Morgan fingerprint density at radius 3 is 0.900 bits per heavy atom. The third kappa shape index (κ3) is 20.4. The van der Waals surface area contributed by atoms with Crippen molar-refractivity contribution in [2.45, 2.75) is 151 Å². The summed E-state index contributed by atoms with van der Waals surface area (Å²) in [5, 5.41) is 54.9. The van der Waals surface area contributed by atoms with Gasteiger partial charge in [0.15, 0.2) is 22.6 Å². The number of hydrogen-bond donors (Lipinski definition) is 12. The zero-order chi connectivity index (χ0) is 90.7. The number of alkyl halides is 1. The van der Waals surface area contributed by atoms with Gasteiger partial charge in [0.2, 0.25) is 0 Å². The molecule has 16 heterocycles. The third-order valence-electron chi connectivity index (χ3n) is 23.3. The number of ether oxygens (including phenoxy) is 3. The second kappa shape index (κ2) is 39.0. The average molecular weight is 1860 g/mol. The number of hydrogen-bond acceptors (Lipinski definition) is 28. The van der Waals surface area contributed by atoms with Crippen LogP contribution in [-0.2, 0) is 14.2 Å². The minimum atomic E-state index is -1.02. The highest BCUT2D eigenvalue weighted by molar-refractivity contribution is 6.31. The van der Waals surface area contributed by atoms with Crippen LogP contribution < -0.4 is 86.0 Å². The van der Waals surface area contributed by atoms with E-state index in [9.17, 15) is 42.7 Å². The Balaban J connectivity index is 0.000000121. The van der Waals surface area contributed by atoms with Crippen molar-refractivity contribution < 1.29 is 37.8 Å². The van der Waals surface area contributed by atoms with Crippen LogP contribution >= 0.6 is 46.4 Å². The van der Waals surface area contributed by atoms with Gasteiger partial charge in [-0.3, -0.25) is 38.4 Å². The fourth-order valence-electron chi connectivity index (χ4n) is 16.0. The largest absolute Gasteiger partial charge is 0.379 e. The molecule has 4 aliphatic heterocycles. The number of likely N-dealkylation sites (tertiary alicyclic amines) is 1. The molecule has 0 spiro atoms. The predicted molar refractivity (Wildman–Crippen MR) is 491 cm³/mol. The number of anilines is 12. The molecule has 12 aromatic heterocycles. The topological polar surface area (TPSA) is 452 Å². The van der Waals surface area contributed by atoms with Crippen molar-refractivity contribution in [2.24, 2.45) is 0 Å². The number of halogens is 5. The molecule has 4 saturated heterocycles. The summed E-state index contributed by atoms with van der Waals surface area (Å²) >= 11 is 25.3. The zero-order valence-corrected chi connectivity index (χ0v) is 74.7. The summed E-state index contributed by atoms with van der Waals surface area (Å²) in [6.45, 7) is 5.31. The van der Waals surface area contributed by atoms with E-state index in [1.807, 2.05) is 7.05 Å². The quantitative estimate of drug-likeness (QED) is 0.0267. The van der Waals surface area contributed by atoms with Crippen LogP contribution in [0, 0.1) is 0 Å². The lowest BCUT2D eigenvalue weighted by atomic mass is 10.1. The van der Waals surface area contributed by atoms with Gasteiger partial charge in [0, 0.05) is 134 Å². The Morgan fingerprint density at radius 2 is 0.654 bits per heavy atom. The van der Waals surface area contributed by atoms with Crippen LogP contribution in [0.1, 0.15) is 162 Å². The first-order valence-electron chi connectivity index (χ1n) is 43.2. The van der Waals surface area contributed by atoms with Crippen LogP contribution in [0.3, 0.4) is 0 Å². The highest BCUT2D eigenvalue weighted by Crippen LogP contribution is 2.34. The van der Waals surface area contributed by atoms with Gasteiger partial charge < -0.3 is 101 Å². The predicted octanol–water partition coefficient (Wildman–Crippen LogP) is 10.2. The molecule has 2 unspecified atom stereocenters. The Kier molecular flexibility index (Phi) is 26.9. The molecule has 4 amide bonds. The minimum absolute atomic E-state index is 0.0284. The number of carbonyl (C=O) groups is 4. The first-order chi connectivity index (χ1) is 62.9. The second-order valence-corrected chi connectivity index (χ2v) is 34.9. The molecule has 684 valence electrons. The number of pyridine rings is 4. The number of nitrogens with zero attached hydrogens (tertiary/aromatic N) is 17. The molecule has 0 radical (unpaired) electrons. The molecule has 0 aromatic carbocycles. The highest BCUT2D eigenvalue weighted by atomic mass is 35.5. The molecule has 8 fully saturated rings. The van der Waals surface area contributed by atoms with Crippen molar-refractivity contribution in [3.8, 4) is 0 Å². The summed E-state index contributed by atoms with van der Waals surface area (Å²) in [4.78, 5) is 124. The SMILES string of the molecule is CNc1cc(Nc2cc(Cl)cn(C3CCCN(C)C3)c2=O)nc2c(C(=O)N[C@@H]3C[C@@H]3F)cnn12.CNc1cc(Nc2cc(Cl)cn(C3CCCOC3)c2=O)nc2c(C(=O)NC3CC3)cnn12.CNc1cc(Nc2cc(Cl)cn([C@@H]3CCCOC3)c2=O)nc2c(C(=O)NC3CC3)cnn12.CNc1cc(Nc2cc(Cl)cn([C@H]3CCCOC3)c2=O)nc2c(C(=O)NC3CC3)cnn12. The van der Waals surface area contributed by atoms with E-state index >= 15 is 0 Å². The molecule has 130 heavy (non-hydrogen) atoms. The number of rotatable bonds is 24. The van der Waals surface area contributed by atoms with Crippen molar-refractivity contribution in [1.82, 2.24) is 103 Å². The Labute approximate surface area is 761 Å². The number of likely N-dealkylation sites (N-methyl/N-ethyl adjacent to an activating group) is 1. The van der Waals surface area contributed by atoms with Gasteiger partial charge in [-0.1, -0.05) is 46.4 Å². The number of piperidine rings is 1. The van der Waals surface area contributed by atoms with Crippen molar-refractivity contribution in [3.63, 3.8) is 0 Å². The third-order valence-corrected chi connectivity index (χ3v) is 24.2. The molecular weight excluding hydrogens is 1760 g/mol. The lowest BCUT2D eigenvalue weighted by Gasteiger charge is -2.31. The Hall–Kier alpha value is -12.5. The molecule has 8 aliphatic rings. The first-order valence-corrected chi connectivity index (χ1v) is 44.7. The van der Waals surface area contributed by atoms with E-state index in [4.69, 9.17) is 60.6 Å². The van der Waals surface area contributed by atoms with E-state index in [0.29, 0.717) is 163 Å². The molecule has 4 saturated carbocycles. The molecule has 6 atom stereocenters. The van der Waals surface area contributed by atoms with Crippen LogP contribution in [-0.4, -0.2) is 223 Å². The molecule has 12 N–H and O–H groups in total. The molecule has 40 nitrogen and oxygen atoms in total. The number of fused-ring (bicyclic) bond motifs is 4. The van der Waals surface area contributed by atoms with Gasteiger partial charge in [-0.25, -0.2) is 24.3 Å². The summed E-state index contributed by atoms with van der Waals surface area (Å²) in [5.74, 6) is 2.85. The van der Waals surface area contributed by atoms with Crippen molar-refractivity contribution >= 4 is 162 Å². The van der Waals surface area contributed by atoms with E-state index in [2.05, 4.69) is 109 Å². The fourth-order valence-corrected chi connectivity index (χ4v) is 16.8. The monoisotopic (exact) mass is 1860 g/mol. The van der Waals surface area contributed by atoms with Gasteiger partial charge in [-0.05, 0) is 128 Å². The van der Waals surface area contributed by atoms with Gasteiger partial charge in [-0.2, -0.15) is 38.5 Å². The smallest absolute Gasteiger partial charge is 0.274 e. The van der Waals surface area contributed by atoms with Crippen LogP contribution in [0.5, 0.6) is 0 Å². The molecule has 12 aromatic rings. The van der Waals surface area contributed by atoms with Crippen molar-refractivity contribution in [1.29, 1.82) is 0 Å². The average Bonchev–Trinajstić information content (AvgIpc) is 1.60. The summed E-state index contributed by atoms with van der Waals surface area (Å²) in [6, 6.07) is 13.1. The van der Waals surface area contributed by atoms with E-state index in [0.717, 1.165) is 103 Å². The van der Waals surface area contributed by atoms with Crippen LogP contribution in [0.4, 0.5) is 73.7 Å². The van der Waals surface area contributed by atoms with E-state index < -0.39 is 18.1 Å². The molecule has 4 aliphatic carbocycles. The van der Waals surface area contributed by atoms with E-state index in [1.54, 1.807) is 133 Å². The van der Waals surface area contributed by atoms with Crippen LogP contribution in [0.15, 0.2) is 117 Å². The maximum atomic E-state index is 13.3. The normalized spacial score (nSPS) is 19.6. The lowest BCUT2D eigenvalue weighted by molar-refractivity contribution is 0.0580. The maximum absolute atomic E-state index is 13.3. The first kappa shape index (κ1) is 89.5. The molecule has 45 heteroatoms. The number of amides is 4. The van der Waals surface area contributed by atoms with Gasteiger partial charge in [-0.15, -0.1) is 0 Å². The Bertz CT molecular complexity index is 6090. The lowest BCUT2D eigenvalue weighted by Crippen LogP contribution is -2.38. The number of nitrogens with one attached hydrogen (secondary N) is 12. The number of aromatic nitrogens is 16. The number of carbonyl (C=O) groups excluding carboxylic acids is 4. The summed E-state index contributed by atoms with van der Waals surface area (Å²) in [5.41, 5.74) is 3.12. The maximum Gasteiger partial charge on any atom is 0.274 e. The standard InChI is InChI=1S/C22H26ClFN8O2.3C21H24ClN7O3/c1-25-19-8-18(29-20-14(9-26-32(19)20)21(33)28-16-7-15(16)24)27-17-6-12(23)10-31(22(17)34)13-4-3-5-30(2)11-13;3*1-23-18-8-17(27-19-15(9-24-29(18)19)20(30)25-13-4-5-13)26-16-7-12(22)10-28(21(16)31)14-3-2-6-32-11-14/h6,8-10,13,15-16,25H,3-5,7,11H2,1-2H3,(H,27,29)(H,28,33);3*7-10,13-14,23H,2-6,11H2,1H3,(H,25,30)(H,26,27)/t13?,15-,16+;2*14-;/m010./s1. The molecular formula is C85H98Cl4FN29O11. The van der Waals surface area contributed by atoms with Gasteiger partial charge in [0.1, 0.15) is 97.7 Å². The zero-order valence-electron chi connectivity index (χ0n) is 71.7. The van der Waals surface area contributed by atoms with Crippen LogP contribution in [0.2, 0.25) is 20.1 Å². The van der Waals surface area contributed by atoms with Crippen LogP contribution in [0.25, 0.3) is 22.6 Å².